The summed E-state index contributed by atoms with van der Waals surface area (Å²) in [5.41, 5.74) is 5.93. The number of anilines is 1. The van der Waals surface area contributed by atoms with Crippen molar-refractivity contribution in [1.29, 1.82) is 5.26 Å². The number of ether oxygens (including phenoxy) is 2. The highest BCUT2D eigenvalue weighted by Crippen LogP contribution is 2.27. The average molecular weight is 179 g/mol. The van der Waals surface area contributed by atoms with Gasteiger partial charge in [-0.15, -0.1) is 0 Å². The van der Waals surface area contributed by atoms with Gasteiger partial charge in [0.15, 0.2) is 11.4 Å². The Morgan fingerprint density at radius 1 is 1.46 bits per heavy atom. The molecule has 0 amide bonds. The van der Waals surface area contributed by atoms with Crippen LogP contribution in [-0.2, 0) is 0 Å². The lowest BCUT2D eigenvalue weighted by molar-refractivity contribution is 0.343. The van der Waals surface area contributed by atoms with Gasteiger partial charge in [-0.2, -0.15) is 10.2 Å². The number of nitrogen functional groups attached to an aromatic ring is 1. The SMILES string of the molecule is COc1cc(N)c(C#N)nc1OC. The molecule has 0 aromatic carbocycles. The van der Waals surface area contributed by atoms with Crippen molar-refractivity contribution in [2.75, 3.05) is 20.0 Å². The van der Waals surface area contributed by atoms with E-state index in [0.717, 1.165) is 0 Å². The van der Waals surface area contributed by atoms with Crippen LogP contribution >= 0.6 is 0 Å². The summed E-state index contributed by atoms with van der Waals surface area (Å²) in [5, 5.41) is 8.61. The normalized spacial score (nSPS) is 9.00. The maximum absolute atomic E-state index is 8.61. The topological polar surface area (TPSA) is 81.2 Å². The van der Waals surface area contributed by atoms with Crippen molar-refractivity contribution in [2.45, 2.75) is 0 Å². The van der Waals surface area contributed by atoms with Crippen LogP contribution in [0.5, 0.6) is 11.6 Å². The van der Waals surface area contributed by atoms with E-state index in [1.54, 1.807) is 0 Å². The molecular weight excluding hydrogens is 170 g/mol. The third-order valence-electron chi connectivity index (χ3n) is 1.50. The maximum Gasteiger partial charge on any atom is 0.258 e. The van der Waals surface area contributed by atoms with Crippen LogP contribution in [0.2, 0.25) is 0 Å². The minimum absolute atomic E-state index is 0.137. The second kappa shape index (κ2) is 3.63. The molecule has 5 heteroatoms. The number of pyridine rings is 1. The number of nitrogens with two attached hydrogens (primary N) is 1. The summed E-state index contributed by atoms with van der Waals surface area (Å²) in [5.74, 6) is 0.673. The molecule has 0 aliphatic heterocycles. The molecule has 1 aromatic rings. The molecule has 0 fully saturated rings. The summed E-state index contributed by atoms with van der Waals surface area (Å²) >= 11 is 0. The van der Waals surface area contributed by atoms with Crippen LogP contribution in [0.15, 0.2) is 6.07 Å². The Balaban J connectivity index is 3.28. The van der Waals surface area contributed by atoms with Crippen molar-refractivity contribution in [1.82, 2.24) is 4.98 Å². The summed E-state index contributed by atoms with van der Waals surface area (Å²) < 4.78 is 9.83. The van der Waals surface area contributed by atoms with E-state index < -0.39 is 0 Å². The molecule has 0 aliphatic carbocycles. The molecule has 1 heterocycles. The molecule has 0 bridgehead atoms. The summed E-state index contributed by atoms with van der Waals surface area (Å²) in [6, 6.07) is 3.35. The van der Waals surface area contributed by atoms with Gasteiger partial charge in [0.1, 0.15) is 6.07 Å². The summed E-state index contributed by atoms with van der Waals surface area (Å²) in [6.45, 7) is 0. The lowest BCUT2D eigenvalue weighted by atomic mass is 10.3. The molecule has 1 rings (SSSR count). The van der Waals surface area contributed by atoms with Crippen molar-refractivity contribution >= 4 is 5.69 Å². The molecule has 2 N–H and O–H groups in total. The van der Waals surface area contributed by atoms with Gasteiger partial charge in [0.25, 0.3) is 5.88 Å². The van der Waals surface area contributed by atoms with Gasteiger partial charge in [-0.25, -0.2) is 0 Å². The molecular formula is C8H9N3O2. The summed E-state index contributed by atoms with van der Waals surface area (Å²) in [7, 11) is 2.92. The van der Waals surface area contributed by atoms with E-state index in [-0.39, 0.29) is 17.3 Å². The van der Waals surface area contributed by atoms with Gasteiger partial charge >= 0.3 is 0 Å². The molecule has 5 nitrogen and oxygen atoms in total. The minimum atomic E-state index is 0.137. The van der Waals surface area contributed by atoms with Gasteiger partial charge in [-0.05, 0) is 0 Å². The molecule has 0 unspecified atom stereocenters. The van der Waals surface area contributed by atoms with E-state index in [9.17, 15) is 0 Å². The Morgan fingerprint density at radius 2 is 2.15 bits per heavy atom. The zero-order valence-electron chi connectivity index (χ0n) is 7.37. The number of methoxy groups -OCH3 is 2. The van der Waals surface area contributed by atoms with E-state index in [4.69, 9.17) is 20.5 Å². The van der Waals surface area contributed by atoms with Gasteiger partial charge < -0.3 is 15.2 Å². The van der Waals surface area contributed by atoms with Crippen molar-refractivity contribution in [3.05, 3.63) is 11.8 Å². The Bertz CT molecular complexity index is 357. The van der Waals surface area contributed by atoms with E-state index in [0.29, 0.717) is 5.75 Å². The minimum Gasteiger partial charge on any atom is -0.491 e. The number of aromatic nitrogens is 1. The molecule has 0 aliphatic rings. The number of hydrogen-bond acceptors (Lipinski definition) is 5. The fourth-order valence-electron chi connectivity index (χ4n) is 0.875. The Labute approximate surface area is 75.7 Å². The second-order valence-electron chi connectivity index (χ2n) is 2.25. The van der Waals surface area contributed by atoms with Crippen LogP contribution in [0, 0.1) is 11.3 Å². The zero-order valence-corrected chi connectivity index (χ0v) is 7.37. The first-order valence-electron chi connectivity index (χ1n) is 3.51. The van der Waals surface area contributed by atoms with Crippen LogP contribution in [0.25, 0.3) is 0 Å². The molecule has 0 radical (unpaired) electrons. The maximum atomic E-state index is 8.61. The number of nitrogens with zero attached hydrogens (tertiary/aromatic N) is 2. The van der Waals surface area contributed by atoms with Crippen molar-refractivity contribution < 1.29 is 9.47 Å². The van der Waals surface area contributed by atoms with E-state index in [2.05, 4.69) is 4.98 Å². The number of nitriles is 1. The highest BCUT2D eigenvalue weighted by molar-refractivity contribution is 5.56. The fraction of sp³-hybridized carbons (Fsp3) is 0.250. The summed E-state index contributed by atoms with van der Waals surface area (Å²) in [4.78, 5) is 3.85. The van der Waals surface area contributed by atoms with Crippen LogP contribution in [-0.4, -0.2) is 19.2 Å². The average Bonchev–Trinajstić information content (AvgIpc) is 2.17. The smallest absolute Gasteiger partial charge is 0.258 e. The van der Waals surface area contributed by atoms with E-state index in [1.165, 1.54) is 20.3 Å². The molecule has 0 saturated carbocycles. The predicted molar refractivity (Wildman–Crippen MR) is 46.5 cm³/mol. The Hall–Kier alpha value is -1.96. The third kappa shape index (κ3) is 1.62. The van der Waals surface area contributed by atoms with Crippen molar-refractivity contribution in [3.63, 3.8) is 0 Å². The molecule has 13 heavy (non-hydrogen) atoms. The third-order valence-corrected chi connectivity index (χ3v) is 1.50. The molecule has 0 atom stereocenters. The lowest BCUT2D eigenvalue weighted by Crippen LogP contribution is -1.99. The van der Waals surface area contributed by atoms with Crippen LogP contribution in [0.1, 0.15) is 5.69 Å². The molecule has 0 saturated heterocycles. The van der Waals surface area contributed by atoms with Crippen molar-refractivity contribution in [3.8, 4) is 17.7 Å². The van der Waals surface area contributed by atoms with E-state index >= 15 is 0 Å². The highest BCUT2D eigenvalue weighted by Gasteiger charge is 2.09. The monoisotopic (exact) mass is 179 g/mol. The highest BCUT2D eigenvalue weighted by atomic mass is 16.5. The van der Waals surface area contributed by atoms with Crippen molar-refractivity contribution in [2.24, 2.45) is 0 Å². The van der Waals surface area contributed by atoms with Crippen LogP contribution < -0.4 is 15.2 Å². The lowest BCUT2D eigenvalue weighted by Gasteiger charge is -2.07. The van der Waals surface area contributed by atoms with Crippen LogP contribution in [0.4, 0.5) is 5.69 Å². The Morgan fingerprint density at radius 3 is 2.62 bits per heavy atom. The largest absolute Gasteiger partial charge is 0.491 e. The zero-order chi connectivity index (χ0) is 9.84. The van der Waals surface area contributed by atoms with Gasteiger partial charge in [-0.3, -0.25) is 0 Å². The predicted octanol–water partition coefficient (Wildman–Crippen LogP) is 0.553. The molecule has 68 valence electrons. The quantitative estimate of drug-likeness (QED) is 0.717. The van der Waals surface area contributed by atoms with Crippen LogP contribution in [0.3, 0.4) is 0 Å². The van der Waals surface area contributed by atoms with Gasteiger partial charge in [-0.1, -0.05) is 0 Å². The van der Waals surface area contributed by atoms with Gasteiger partial charge in [0.2, 0.25) is 0 Å². The first-order valence-corrected chi connectivity index (χ1v) is 3.51. The first-order chi connectivity index (χ1) is 6.22. The standard InChI is InChI=1S/C8H9N3O2/c1-12-7-3-5(10)6(4-9)11-8(7)13-2/h3H,10H2,1-2H3. The van der Waals surface area contributed by atoms with Gasteiger partial charge in [0, 0.05) is 6.07 Å². The Kier molecular flexibility index (Phi) is 2.55. The summed E-state index contributed by atoms with van der Waals surface area (Å²) in [6.07, 6.45) is 0. The fourth-order valence-corrected chi connectivity index (χ4v) is 0.875. The molecule has 0 spiro atoms. The first kappa shape index (κ1) is 9.13. The van der Waals surface area contributed by atoms with Gasteiger partial charge in [0.05, 0.1) is 19.9 Å². The molecule has 1 aromatic heterocycles. The second-order valence-corrected chi connectivity index (χ2v) is 2.25. The van der Waals surface area contributed by atoms with E-state index in [1.807, 2.05) is 6.07 Å². The number of rotatable bonds is 2. The number of hydrogen-bond donors (Lipinski definition) is 1.